The average Bonchev–Trinajstić information content (AvgIpc) is 2.44. The highest BCUT2D eigenvalue weighted by molar-refractivity contribution is 7.80. The van der Waals surface area contributed by atoms with Crippen molar-refractivity contribution < 1.29 is 9.18 Å². The van der Waals surface area contributed by atoms with Gasteiger partial charge in [-0.1, -0.05) is 18.2 Å². The van der Waals surface area contributed by atoms with Gasteiger partial charge in [0.05, 0.1) is 6.42 Å². The van der Waals surface area contributed by atoms with E-state index in [1.165, 1.54) is 12.1 Å². The van der Waals surface area contributed by atoms with Crippen molar-refractivity contribution in [2.75, 3.05) is 6.54 Å². The standard InChI is InChI=1S/C17H18FNOS/c1-12-10-15(18)5-4-14(12)8-9-19-17(20)11-13-2-6-16(21)7-3-13/h2-7,10,21H,8-9,11H2,1H3,(H,19,20). The van der Waals surface area contributed by atoms with Crippen molar-refractivity contribution in [2.45, 2.75) is 24.7 Å². The van der Waals surface area contributed by atoms with Gasteiger partial charge in [-0.05, 0) is 54.3 Å². The highest BCUT2D eigenvalue weighted by Gasteiger charge is 2.04. The zero-order valence-corrected chi connectivity index (χ0v) is 12.8. The Kier molecular flexibility index (Phi) is 5.39. The number of hydrogen-bond donors (Lipinski definition) is 2. The normalized spacial score (nSPS) is 10.4. The topological polar surface area (TPSA) is 29.1 Å². The molecule has 0 radical (unpaired) electrons. The third kappa shape index (κ3) is 4.90. The maximum Gasteiger partial charge on any atom is 0.224 e. The molecular formula is C17H18FNOS. The minimum Gasteiger partial charge on any atom is -0.355 e. The quantitative estimate of drug-likeness (QED) is 0.815. The summed E-state index contributed by atoms with van der Waals surface area (Å²) in [5.74, 6) is -0.241. The zero-order valence-electron chi connectivity index (χ0n) is 11.9. The van der Waals surface area contributed by atoms with E-state index in [-0.39, 0.29) is 11.7 Å². The number of rotatable bonds is 5. The van der Waals surface area contributed by atoms with Gasteiger partial charge in [-0.15, -0.1) is 12.6 Å². The lowest BCUT2D eigenvalue weighted by Gasteiger charge is -2.08. The van der Waals surface area contributed by atoms with Crippen LogP contribution in [-0.4, -0.2) is 12.5 Å². The molecule has 0 spiro atoms. The molecule has 0 bridgehead atoms. The lowest BCUT2D eigenvalue weighted by atomic mass is 10.1. The summed E-state index contributed by atoms with van der Waals surface area (Å²) in [6, 6.07) is 12.3. The molecule has 2 aromatic rings. The summed E-state index contributed by atoms with van der Waals surface area (Å²) in [7, 11) is 0. The highest BCUT2D eigenvalue weighted by atomic mass is 32.1. The Morgan fingerprint density at radius 2 is 1.90 bits per heavy atom. The SMILES string of the molecule is Cc1cc(F)ccc1CCNC(=O)Cc1ccc(S)cc1. The number of aryl methyl sites for hydroxylation is 1. The maximum atomic E-state index is 13.0. The molecular weight excluding hydrogens is 285 g/mol. The molecule has 2 aromatic carbocycles. The van der Waals surface area contributed by atoms with Crippen LogP contribution >= 0.6 is 12.6 Å². The van der Waals surface area contributed by atoms with Crippen LogP contribution in [0.3, 0.4) is 0 Å². The number of carbonyl (C=O) groups excluding carboxylic acids is 1. The second-order valence-corrected chi connectivity index (χ2v) is 5.53. The Hall–Kier alpha value is -1.81. The molecule has 2 nitrogen and oxygen atoms in total. The van der Waals surface area contributed by atoms with E-state index in [9.17, 15) is 9.18 Å². The summed E-state index contributed by atoms with van der Waals surface area (Å²) in [5, 5.41) is 2.88. The number of thiol groups is 1. The van der Waals surface area contributed by atoms with Crippen LogP contribution in [0.25, 0.3) is 0 Å². The molecule has 0 saturated carbocycles. The van der Waals surface area contributed by atoms with Crippen LogP contribution in [0.2, 0.25) is 0 Å². The number of carbonyl (C=O) groups is 1. The first-order valence-electron chi connectivity index (χ1n) is 6.84. The van der Waals surface area contributed by atoms with Crippen molar-refractivity contribution in [2.24, 2.45) is 0 Å². The minimum atomic E-state index is -0.229. The maximum absolute atomic E-state index is 13.0. The van der Waals surface area contributed by atoms with Crippen LogP contribution in [0.15, 0.2) is 47.4 Å². The van der Waals surface area contributed by atoms with Crippen molar-refractivity contribution in [1.29, 1.82) is 0 Å². The molecule has 4 heteroatoms. The Bertz CT molecular complexity index is 625. The molecule has 1 N–H and O–H groups in total. The fourth-order valence-electron chi connectivity index (χ4n) is 2.14. The van der Waals surface area contributed by atoms with E-state index >= 15 is 0 Å². The molecule has 21 heavy (non-hydrogen) atoms. The Morgan fingerprint density at radius 3 is 2.57 bits per heavy atom. The summed E-state index contributed by atoms with van der Waals surface area (Å²) in [6.45, 7) is 2.43. The van der Waals surface area contributed by atoms with Crippen molar-refractivity contribution in [1.82, 2.24) is 5.32 Å². The molecule has 0 atom stereocenters. The first-order valence-corrected chi connectivity index (χ1v) is 7.29. The van der Waals surface area contributed by atoms with Crippen LogP contribution in [-0.2, 0) is 17.6 Å². The summed E-state index contributed by atoms with van der Waals surface area (Å²) in [5.41, 5.74) is 2.92. The number of benzene rings is 2. The van der Waals surface area contributed by atoms with Crippen LogP contribution in [0.1, 0.15) is 16.7 Å². The lowest BCUT2D eigenvalue weighted by molar-refractivity contribution is -0.120. The molecule has 2 rings (SSSR count). The smallest absolute Gasteiger partial charge is 0.224 e. The molecule has 0 aliphatic rings. The number of hydrogen-bond acceptors (Lipinski definition) is 2. The number of amides is 1. The molecule has 0 heterocycles. The fraction of sp³-hybridized carbons (Fsp3) is 0.235. The van der Waals surface area contributed by atoms with Gasteiger partial charge < -0.3 is 5.32 Å². The van der Waals surface area contributed by atoms with Gasteiger partial charge in [0.15, 0.2) is 0 Å². The molecule has 1 amide bonds. The van der Waals surface area contributed by atoms with E-state index in [0.29, 0.717) is 19.4 Å². The first kappa shape index (κ1) is 15.6. The van der Waals surface area contributed by atoms with E-state index in [1.807, 2.05) is 31.2 Å². The van der Waals surface area contributed by atoms with Gasteiger partial charge in [0.25, 0.3) is 0 Å². The van der Waals surface area contributed by atoms with Crippen molar-refractivity contribution in [3.05, 3.63) is 65.0 Å². The van der Waals surface area contributed by atoms with E-state index < -0.39 is 0 Å². The third-order valence-electron chi connectivity index (χ3n) is 3.32. The second kappa shape index (κ2) is 7.27. The van der Waals surface area contributed by atoms with E-state index in [4.69, 9.17) is 0 Å². The Morgan fingerprint density at radius 1 is 1.19 bits per heavy atom. The van der Waals surface area contributed by atoms with Crippen LogP contribution in [0.5, 0.6) is 0 Å². The van der Waals surface area contributed by atoms with Crippen molar-refractivity contribution in [3.63, 3.8) is 0 Å². The van der Waals surface area contributed by atoms with E-state index in [2.05, 4.69) is 17.9 Å². The van der Waals surface area contributed by atoms with Gasteiger partial charge >= 0.3 is 0 Å². The highest BCUT2D eigenvalue weighted by Crippen LogP contribution is 2.11. The van der Waals surface area contributed by atoms with Gasteiger partial charge in [0, 0.05) is 11.4 Å². The summed E-state index contributed by atoms with van der Waals surface area (Å²) in [6.07, 6.45) is 1.06. The van der Waals surface area contributed by atoms with Gasteiger partial charge in [0.2, 0.25) is 5.91 Å². The second-order valence-electron chi connectivity index (χ2n) is 5.01. The molecule has 0 aliphatic heterocycles. The third-order valence-corrected chi connectivity index (χ3v) is 3.62. The molecule has 0 unspecified atom stereocenters. The first-order chi connectivity index (χ1) is 10.0. The van der Waals surface area contributed by atoms with E-state index in [1.54, 1.807) is 6.07 Å². The van der Waals surface area contributed by atoms with Gasteiger partial charge in [-0.3, -0.25) is 4.79 Å². The minimum absolute atomic E-state index is 0.0123. The number of nitrogens with one attached hydrogen (secondary N) is 1. The van der Waals surface area contributed by atoms with Gasteiger partial charge in [-0.25, -0.2) is 4.39 Å². The summed E-state index contributed by atoms with van der Waals surface area (Å²) >= 11 is 4.21. The molecule has 0 fully saturated rings. The molecule has 110 valence electrons. The largest absolute Gasteiger partial charge is 0.355 e. The fourth-order valence-corrected chi connectivity index (χ4v) is 2.29. The number of halogens is 1. The summed E-state index contributed by atoms with van der Waals surface area (Å²) in [4.78, 5) is 12.7. The monoisotopic (exact) mass is 303 g/mol. The average molecular weight is 303 g/mol. The Labute approximate surface area is 129 Å². The van der Waals surface area contributed by atoms with Crippen molar-refractivity contribution in [3.8, 4) is 0 Å². The molecule has 0 saturated heterocycles. The zero-order chi connectivity index (χ0) is 15.2. The van der Waals surface area contributed by atoms with Crippen LogP contribution in [0, 0.1) is 12.7 Å². The lowest BCUT2D eigenvalue weighted by Crippen LogP contribution is -2.27. The van der Waals surface area contributed by atoms with Crippen molar-refractivity contribution >= 4 is 18.5 Å². The van der Waals surface area contributed by atoms with Gasteiger partial charge in [0.1, 0.15) is 5.82 Å². The Balaban J connectivity index is 1.80. The van der Waals surface area contributed by atoms with Gasteiger partial charge in [-0.2, -0.15) is 0 Å². The summed E-state index contributed by atoms with van der Waals surface area (Å²) < 4.78 is 13.0. The van der Waals surface area contributed by atoms with Crippen LogP contribution < -0.4 is 5.32 Å². The molecule has 0 aromatic heterocycles. The van der Waals surface area contributed by atoms with Crippen LogP contribution in [0.4, 0.5) is 4.39 Å². The predicted molar refractivity (Wildman–Crippen MR) is 85.2 cm³/mol. The predicted octanol–water partition coefficient (Wildman–Crippen LogP) is 3.32. The molecule has 0 aliphatic carbocycles. The van der Waals surface area contributed by atoms with E-state index in [0.717, 1.165) is 21.6 Å².